The lowest BCUT2D eigenvalue weighted by Gasteiger charge is -2.33. The fourth-order valence-corrected chi connectivity index (χ4v) is 5.14. The van der Waals surface area contributed by atoms with E-state index in [2.05, 4.69) is 38.9 Å². The van der Waals surface area contributed by atoms with Crippen LogP contribution in [0.25, 0.3) is 10.9 Å². The molecule has 5 nitrogen and oxygen atoms in total. The van der Waals surface area contributed by atoms with Crippen molar-refractivity contribution in [3.8, 4) is 0 Å². The molecule has 1 unspecified atom stereocenters. The molecule has 0 saturated carbocycles. The van der Waals surface area contributed by atoms with Crippen LogP contribution in [0, 0.1) is 12.8 Å². The number of nitrogens with one attached hydrogen (secondary N) is 1. The van der Waals surface area contributed by atoms with Crippen molar-refractivity contribution >= 4 is 20.9 Å². The van der Waals surface area contributed by atoms with Crippen molar-refractivity contribution in [1.82, 2.24) is 14.6 Å². The van der Waals surface area contributed by atoms with Gasteiger partial charge in [0.05, 0.1) is 10.4 Å². The summed E-state index contributed by atoms with van der Waals surface area (Å²) < 4.78 is 28.0. The minimum absolute atomic E-state index is 0.312. The van der Waals surface area contributed by atoms with Crippen molar-refractivity contribution in [1.29, 1.82) is 0 Å². The van der Waals surface area contributed by atoms with E-state index in [9.17, 15) is 8.42 Å². The van der Waals surface area contributed by atoms with Crippen molar-refractivity contribution in [3.05, 3.63) is 71.9 Å². The number of para-hydroxylation sites is 1. The van der Waals surface area contributed by atoms with Crippen LogP contribution in [-0.2, 0) is 16.6 Å². The summed E-state index contributed by atoms with van der Waals surface area (Å²) in [6, 6.07) is 17.3. The number of likely N-dealkylation sites (tertiary alicyclic amines) is 1. The lowest BCUT2D eigenvalue weighted by Crippen LogP contribution is -2.40. The highest BCUT2D eigenvalue weighted by Crippen LogP contribution is 2.22. The molecule has 0 amide bonds. The van der Waals surface area contributed by atoms with E-state index in [-0.39, 0.29) is 0 Å². The van der Waals surface area contributed by atoms with Crippen LogP contribution in [0.4, 0.5) is 0 Å². The first-order valence-corrected chi connectivity index (χ1v) is 11.6. The second-order valence-corrected chi connectivity index (χ2v) is 9.67. The number of benzene rings is 2. The first-order chi connectivity index (χ1) is 14.0. The molecule has 1 aliphatic heterocycles. The average Bonchev–Trinajstić information content (AvgIpc) is 2.73. The third-order valence-corrected chi connectivity index (χ3v) is 7.05. The first kappa shape index (κ1) is 20.0. The number of hydrogen-bond acceptors (Lipinski definition) is 4. The minimum atomic E-state index is -3.46. The molecule has 6 heteroatoms. The molecule has 0 aliphatic carbocycles. The van der Waals surface area contributed by atoms with Gasteiger partial charge in [-0.15, -0.1) is 0 Å². The fraction of sp³-hybridized carbons (Fsp3) is 0.348. The quantitative estimate of drug-likeness (QED) is 0.674. The summed E-state index contributed by atoms with van der Waals surface area (Å²) in [5.41, 5.74) is 3.33. The largest absolute Gasteiger partial charge is 0.299 e. The van der Waals surface area contributed by atoms with E-state index in [1.54, 1.807) is 12.1 Å². The van der Waals surface area contributed by atoms with Crippen molar-refractivity contribution in [2.45, 2.75) is 31.2 Å². The van der Waals surface area contributed by atoms with Crippen LogP contribution >= 0.6 is 0 Å². The number of aromatic nitrogens is 1. The molecule has 0 spiro atoms. The number of nitrogens with zero attached hydrogens (tertiary/aromatic N) is 2. The first-order valence-electron chi connectivity index (χ1n) is 10.1. The van der Waals surface area contributed by atoms with Gasteiger partial charge in [0.25, 0.3) is 0 Å². The summed E-state index contributed by atoms with van der Waals surface area (Å²) in [5.74, 6) is 0.312. The van der Waals surface area contributed by atoms with Gasteiger partial charge in [0, 0.05) is 31.2 Å². The summed E-state index contributed by atoms with van der Waals surface area (Å²) in [4.78, 5) is 7.30. The number of hydrogen-bond donors (Lipinski definition) is 1. The summed E-state index contributed by atoms with van der Waals surface area (Å²) in [5, 5.41) is 1.16. The molecule has 1 fully saturated rings. The number of fused-ring (bicyclic) bond motifs is 1. The van der Waals surface area contributed by atoms with Crippen LogP contribution in [0.15, 0.2) is 65.7 Å². The Hall–Kier alpha value is -2.28. The van der Waals surface area contributed by atoms with Crippen LogP contribution < -0.4 is 4.72 Å². The van der Waals surface area contributed by atoms with Crippen LogP contribution in [0.3, 0.4) is 0 Å². The molecule has 0 bridgehead atoms. The molecule has 2 heterocycles. The maximum atomic E-state index is 12.6. The van der Waals surface area contributed by atoms with Crippen LogP contribution in [0.1, 0.15) is 24.0 Å². The number of aryl methyl sites for hydroxylation is 1. The zero-order chi connectivity index (χ0) is 20.3. The van der Waals surface area contributed by atoms with Gasteiger partial charge in [0.1, 0.15) is 0 Å². The van der Waals surface area contributed by atoms with E-state index in [4.69, 9.17) is 0 Å². The molecule has 1 N–H and O–H groups in total. The molecule has 2 aromatic carbocycles. The van der Waals surface area contributed by atoms with Gasteiger partial charge >= 0.3 is 0 Å². The third-order valence-electron chi connectivity index (χ3n) is 5.61. The van der Waals surface area contributed by atoms with Gasteiger partial charge in [-0.05, 0) is 56.0 Å². The van der Waals surface area contributed by atoms with Gasteiger partial charge in [-0.3, -0.25) is 9.88 Å². The summed E-state index contributed by atoms with van der Waals surface area (Å²) in [7, 11) is -3.46. The zero-order valence-corrected chi connectivity index (χ0v) is 17.5. The van der Waals surface area contributed by atoms with Gasteiger partial charge in [0.15, 0.2) is 0 Å². The van der Waals surface area contributed by atoms with Crippen molar-refractivity contribution in [2.24, 2.45) is 5.92 Å². The highest BCUT2D eigenvalue weighted by molar-refractivity contribution is 7.89. The Balaban J connectivity index is 1.39. The Labute approximate surface area is 172 Å². The van der Waals surface area contributed by atoms with Gasteiger partial charge in [-0.25, -0.2) is 13.1 Å². The number of piperidine rings is 1. The molecular weight excluding hydrogens is 382 g/mol. The van der Waals surface area contributed by atoms with E-state index in [0.717, 1.165) is 48.9 Å². The normalized spacial score (nSPS) is 18.2. The maximum absolute atomic E-state index is 12.6. The Morgan fingerprint density at radius 1 is 1.10 bits per heavy atom. The molecule has 0 radical (unpaired) electrons. The second-order valence-electron chi connectivity index (χ2n) is 7.90. The number of sulfonamides is 1. The van der Waals surface area contributed by atoms with Gasteiger partial charge in [-0.1, -0.05) is 42.0 Å². The van der Waals surface area contributed by atoms with Crippen molar-refractivity contribution in [3.63, 3.8) is 0 Å². The summed E-state index contributed by atoms with van der Waals surface area (Å²) >= 11 is 0. The van der Waals surface area contributed by atoms with E-state index in [1.165, 1.54) is 5.56 Å². The SMILES string of the molecule is Cc1ccc(S(=O)(=O)NCC2CCCN(Cc3cccc4cccnc34)C2)cc1. The van der Waals surface area contributed by atoms with Gasteiger partial charge < -0.3 is 0 Å². The molecule has 1 aliphatic rings. The number of rotatable bonds is 6. The monoisotopic (exact) mass is 409 g/mol. The minimum Gasteiger partial charge on any atom is -0.299 e. The third kappa shape index (κ3) is 4.83. The summed E-state index contributed by atoms with van der Waals surface area (Å²) in [6.07, 6.45) is 3.96. The van der Waals surface area contributed by atoms with Crippen molar-refractivity contribution in [2.75, 3.05) is 19.6 Å². The Morgan fingerprint density at radius 3 is 2.72 bits per heavy atom. The summed E-state index contributed by atoms with van der Waals surface area (Å²) in [6.45, 7) is 5.19. The van der Waals surface area contributed by atoms with E-state index in [0.29, 0.717) is 17.4 Å². The molecule has 1 atom stereocenters. The van der Waals surface area contributed by atoms with Crippen LogP contribution in [0.2, 0.25) is 0 Å². The highest BCUT2D eigenvalue weighted by atomic mass is 32.2. The van der Waals surface area contributed by atoms with Crippen LogP contribution in [-0.4, -0.2) is 37.9 Å². The predicted octanol–water partition coefficient (Wildman–Crippen LogP) is 3.73. The van der Waals surface area contributed by atoms with Gasteiger partial charge in [-0.2, -0.15) is 0 Å². The maximum Gasteiger partial charge on any atom is 0.240 e. The molecular formula is C23H27N3O2S. The number of pyridine rings is 1. The molecule has 1 aromatic heterocycles. The predicted molar refractivity (Wildman–Crippen MR) is 116 cm³/mol. The van der Waals surface area contributed by atoms with Crippen molar-refractivity contribution < 1.29 is 8.42 Å². The molecule has 3 aromatic rings. The molecule has 29 heavy (non-hydrogen) atoms. The lowest BCUT2D eigenvalue weighted by atomic mass is 9.97. The molecule has 1 saturated heterocycles. The lowest BCUT2D eigenvalue weighted by molar-refractivity contribution is 0.169. The zero-order valence-electron chi connectivity index (χ0n) is 16.7. The van der Waals surface area contributed by atoms with E-state index >= 15 is 0 Å². The Morgan fingerprint density at radius 2 is 1.90 bits per heavy atom. The van der Waals surface area contributed by atoms with Crippen LogP contribution in [0.5, 0.6) is 0 Å². The van der Waals surface area contributed by atoms with E-state index in [1.807, 2.05) is 31.3 Å². The Bertz CT molecular complexity index is 1080. The topological polar surface area (TPSA) is 62.3 Å². The smallest absolute Gasteiger partial charge is 0.240 e. The van der Waals surface area contributed by atoms with E-state index < -0.39 is 10.0 Å². The molecule has 152 valence electrons. The standard InChI is InChI=1S/C23H27N3O2S/c1-18-9-11-22(12-10-18)29(27,28)25-15-19-5-4-14-26(16-19)17-21-7-2-6-20-8-3-13-24-23(20)21/h2-3,6-13,19,25H,4-5,14-17H2,1H3. The fourth-order valence-electron chi connectivity index (χ4n) is 4.03. The average molecular weight is 410 g/mol. The Kier molecular flexibility index (Phi) is 5.94. The van der Waals surface area contributed by atoms with Gasteiger partial charge in [0.2, 0.25) is 10.0 Å². The highest BCUT2D eigenvalue weighted by Gasteiger charge is 2.23. The second kappa shape index (κ2) is 8.61. The molecule has 4 rings (SSSR count).